The molecule has 4 aliphatic heterocycles. The molecule has 1 N–H and O–H groups in total. The largest absolute Gasteiger partial charge is 0.456 e. The minimum absolute atomic E-state index is 0.121. The number of tetrazole rings is 1. The van der Waals surface area contributed by atoms with Gasteiger partial charge in [0.1, 0.15) is 6.61 Å². The van der Waals surface area contributed by atoms with Crippen molar-refractivity contribution < 1.29 is 19.4 Å². The molecule has 0 radical (unpaired) electrons. The summed E-state index contributed by atoms with van der Waals surface area (Å²) in [7, 11) is 0. The van der Waals surface area contributed by atoms with Crippen molar-refractivity contribution in [2.75, 3.05) is 32.8 Å². The third-order valence-corrected chi connectivity index (χ3v) is 8.24. The van der Waals surface area contributed by atoms with Gasteiger partial charge in [-0.1, -0.05) is 12.1 Å². The predicted molar refractivity (Wildman–Crippen MR) is 120 cm³/mol. The van der Waals surface area contributed by atoms with E-state index in [0.717, 1.165) is 66.1 Å². The molecule has 5 heterocycles. The lowest BCUT2D eigenvalue weighted by Gasteiger charge is -2.38. The number of amides is 1. The average Bonchev–Trinajstić information content (AvgIpc) is 3.57. The Bertz CT molecular complexity index is 1230. The molecular formula is C24H28N6O4. The van der Waals surface area contributed by atoms with Crippen LogP contribution < -0.4 is 0 Å². The predicted octanol–water partition coefficient (Wildman–Crippen LogP) is 1.19. The lowest BCUT2D eigenvalue weighted by atomic mass is 9.77. The highest BCUT2D eigenvalue weighted by Crippen LogP contribution is 2.44. The van der Waals surface area contributed by atoms with Crippen LogP contribution >= 0.6 is 0 Å². The number of likely N-dealkylation sites (tertiary alicyclic amines) is 2. The van der Waals surface area contributed by atoms with Gasteiger partial charge < -0.3 is 19.6 Å². The Morgan fingerprint density at radius 1 is 1.15 bits per heavy atom. The van der Waals surface area contributed by atoms with Crippen molar-refractivity contribution in [2.45, 2.75) is 45.8 Å². The number of hydrogen-bond acceptors (Lipinski definition) is 8. The Kier molecular flexibility index (Phi) is 4.86. The molecule has 2 saturated heterocycles. The van der Waals surface area contributed by atoms with Gasteiger partial charge in [0.25, 0.3) is 0 Å². The lowest BCUT2D eigenvalue weighted by molar-refractivity contribution is -0.138. The SMILES string of the molecule is CC1=C(N2CCC3(CCN(CC(O)c4ccc5c(c4C)Cn4nnnc4-5)CC3)C2=O)COC1=O. The maximum Gasteiger partial charge on any atom is 0.336 e. The molecule has 0 saturated carbocycles. The van der Waals surface area contributed by atoms with Crippen LogP contribution in [0, 0.1) is 12.3 Å². The van der Waals surface area contributed by atoms with E-state index in [0.29, 0.717) is 25.2 Å². The summed E-state index contributed by atoms with van der Waals surface area (Å²) in [4.78, 5) is 29.1. The Hall–Kier alpha value is -3.11. The van der Waals surface area contributed by atoms with E-state index < -0.39 is 6.10 Å². The summed E-state index contributed by atoms with van der Waals surface area (Å²) in [6.07, 6.45) is 1.72. The molecule has 1 aromatic carbocycles. The summed E-state index contributed by atoms with van der Waals surface area (Å²) in [6, 6.07) is 3.98. The number of carbonyl (C=O) groups excluding carboxylic acids is 2. The first-order valence-electron chi connectivity index (χ1n) is 11.9. The standard InChI is InChI=1S/C24H28N6O4/c1-14-16(3-4-17-18(14)11-30-21(17)25-26-27-30)20(31)12-28-8-5-24(6-9-28)7-10-29(23(24)33)19-13-34-22(32)15(19)2/h3-4,20,31H,5-13H2,1-2H3. The molecule has 10 nitrogen and oxygen atoms in total. The van der Waals surface area contributed by atoms with Crippen LogP contribution in [-0.4, -0.2) is 79.8 Å². The molecule has 0 bridgehead atoms. The van der Waals surface area contributed by atoms with Crippen LogP contribution in [0.25, 0.3) is 11.4 Å². The zero-order valence-corrected chi connectivity index (χ0v) is 19.5. The minimum Gasteiger partial charge on any atom is -0.456 e. The second kappa shape index (κ2) is 7.71. The number of carbonyl (C=O) groups is 2. The van der Waals surface area contributed by atoms with Crippen molar-refractivity contribution >= 4 is 11.9 Å². The highest BCUT2D eigenvalue weighted by atomic mass is 16.5. The number of ether oxygens (including phenoxy) is 1. The average molecular weight is 465 g/mol. The van der Waals surface area contributed by atoms with Crippen molar-refractivity contribution in [3.05, 3.63) is 40.1 Å². The number of benzene rings is 1. The van der Waals surface area contributed by atoms with Gasteiger partial charge in [0.2, 0.25) is 5.91 Å². The fourth-order valence-electron chi connectivity index (χ4n) is 6.00. The van der Waals surface area contributed by atoms with Gasteiger partial charge in [-0.25, -0.2) is 9.48 Å². The first-order valence-corrected chi connectivity index (χ1v) is 11.9. The number of piperidine rings is 1. The van der Waals surface area contributed by atoms with Crippen LogP contribution in [0.3, 0.4) is 0 Å². The zero-order chi connectivity index (χ0) is 23.6. The number of aliphatic hydroxyl groups excluding tert-OH is 1. The maximum atomic E-state index is 13.3. The number of rotatable bonds is 4. The van der Waals surface area contributed by atoms with Gasteiger partial charge in [-0.2, -0.15) is 0 Å². The molecule has 1 unspecified atom stereocenters. The Morgan fingerprint density at radius 3 is 2.65 bits per heavy atom. The molecule has 1 spiro atoms. The van der Waals surface area contributed by atoms with Gasteiger partial charge in [-0.3, -0.25) is 4.79 Å². The van der Waals surface area contributed by atoms with Crippen LogP contribution in [0.1, 0.15) is 49.0 Å². The van der Waals surface area contributed by atoms with Crippen molar-refractivity contribution in [2.24, 2.45) is 5.41 Å². The van der Waals surface area contributed by atoms with E-state index in [-0.39, 0.29) is 23.9 Å². The monoisotopic (exact) mass is 464 g/mol. The van der Waals surface area contributed by atoms with Crippen molar-refractivity contribution in [3.8, 4) is 11.4 Å². The second-order valence-electron chi connectivity index (χ2n) is 9.92. The van der Waals surface area contributed by atoms with Crippen LogP contribution in [0.2, 0.25) is 0 Å². The van der Waals surface area contributed by atoms with Gasteiger partial charge in [-0.05, 0) is 73.3 Å². The molecule has 10 heteroatoms. The third-order valence-electron chi connectivity index (χ3n) is 8.24. The second-order valence-corrected chi connectivity index (χ2v) is 9.92. The number of hydrogen-bond donors (Lipinski definition) is 1. The number of aliphatic hydroxyl groups is 1. The van der Waals surface area contributed by atoms with Gasteiger partial charge in [0.05, 0.1) is 29.3 Å². The topological polar surface area (TPSA) is 114 Å². The van der Waals surface area contributed by atoms with Crippen LogP contribution in [-0.2, 0) is 20.9 Å². The van der Waals surface area contributed by atoms with Crippen molar-refractivity contribution in [1.82, 2.24) is 30.0 Å². The van der Waals surface area contributed by atoms with E-state index in [1.807, 2.05) is 19.1 Å². The third kappa shape index (κ3) is 3.12. The fourth-order valence-corrected chi connectivity index (χ4v) is 6.00. The molecule has 34 heavy (non-hydrogen) atoms. The van der Waals surface area contributed by atoms with Crippen LogP contribution in [0.5, 0.6) is 0 Å². The van der Waals surface area contributed by atoms with Crippen molar-refractivity contribution in [3.63, 3.8) is 0 Å². The van der Waals surface area contributed by atoms with Gasteiger partial charge in [-0.15, -0.1) is 5.10 Å². The van der Waals surface area contributed by atoms with E-state index in [4.69, 9.17) is 4.74 Å². The smallest absolute Gasteiger partial charge is 0.336 e. The normalized spacial score (nSPS) is 22.5. The summed E-state index contributed by atoms with van der Waals surface area (Å²) in [5.41, 5.74) is 5.07. The molecule has 4 aliphatic rings. The van der Waals surface area contributed by atoms with Gasteiger partial charge in [0, 0.05) is 18.7 Å². The van der Waals surface area contributed by atoms with Gasteiger partial charge >= 0.3 is 5.97 Å². The van der Waals surface area contributed by atoms with Crippen LogP contribution in [0.4, 0.5) is 0 Å². The molecule has 1 aromatic heterocycles. The minimum atomic E-state index is -0.608. The Balaban J connectivity index is 1.11. The Labute approximate surface area is 197 Å². The summed E-state index contributed by atoms with van der Waals surface area (Å²) < 4.78 is 6.90. The Morgan fingerprint density at radius 2 is 1.91 bits per heavy atom. The summed E-state index contributed by atoms with van der Waals surface area (Å²) in [5, 5.41) is 22.9. The molecule has 0 aliphatic carbocycles. The zero-order valence-electron chi connectivity index (χ0n) is 19.5. The number of nitrogens with zero attached hydrogens (tertiary/aromatic N) is 6. The number of cyclic esters (lactones) is 1. The summed E-state index contributed by atoms with van der Waals surface area (Å²) in [5.74, 6) is 0.567. The quantitative estimate of drug-likeness (QED) is 0.573. The number of aromatic nitrogens is 4. The van der Waals surface area contributed by atoms with E-state index in [1.54, 1.807) is 16.5 Å². The highest BCUT2D eigenvalue weighted by molar-refractivity contribution is 5.94. The molecule has 2 fully saturated rings. The molecule has 2 aromatic rings. The first-order chi connectivity index (χ1) is 16.4. The van der Waals surface area contributed by atoms with E-state index in [2.05, 4.69) is 20.4 Å². The van der Waals surface area contributed by atoms with E-state index in [1.165, 1.54) is 0 Å². The first kappa shape index (κ1) is 21.4. The summed E-state index contributed by atoms with van der Waals surface area (Å²) in [6.45, 7) is 7.29. The van der Waals surface area contributed by atoms with Crippen LogP contribution in [0.15, 0.2) is 23.4 Å². The summed E-state index contributed by atoms with van der Waals surface area (Å²) >= 11 is 0. The number of β-amino-alcohol motifs (C(OH)–C–C–N with tert-alkyl or cyclic N) is 1. The van der Waals surface area contributed by atoms with E-state index >= 15 is 0 Å². The highest BCUT2D eigenvalue weighted by Gasteiger charge is 2.50. The van der Waals surface area contributed by atoms with Crippen molar-refractivity contribution in [1.29, 1.82) is 0 Å². The molecule has 178 valence electrons. The number of fused-ring (bicyclic) bond motifs is 3. The number of esters is 1. The molecule has 1 amide bonds. The lowest BCUT2D eigenvalue weighted by Crippen LogP contribution is -2.45. The molecule has 1 atom stereocenters. The van der Waals surface area contributed by atoms with Gasteiger partial charge in [0.15, 0.2) is 5.82 Å². The fraction of sp³-hybridized carbons (Fsp3) is 0.542. The maximum absolute atomic E-state index is 13.3. The molecular weight excluding hydrogens is 436 g/mol. The van der Waals surface area contributed by atoms with E-state index in [9.17, 15) is 14.7 Å². The molecule has 6 rings (SSSR count).